The lowest BCUT2D eigenvalue weighted by molar-refractivity contribution is 0.170. The van der Waals surface area contributed by atoms with Crippen molar-refractivity contribution >= 4 is 11.6 Å². The maximum atomic E-state index is 9.38. The first-order valence-electron chi connectivity index (χ1n) is 4.56. The molecule has 1 heterocycles. The summed E-state index contributed by atoms with van der Waals surface area (Å²) in [6.07, 6.45) is 0.536. The maximum Gasteiger partial charge on any atom is 0.133 e. The number of halogens is 1. The van der Waals surface area contributed by atoms with Crippen molar-refractivity contribution in [2.24, 2.45) is 5.92 Å². The molecule has 3 unspecified atom stereocenters. The van der Waals surface area contributed by atoms with E-state index in [0.717, 1.165) is 11.7 Å². The Balaban J connectivity index is 2.09. The summed E-state index contributed by atoms with van der Waals surface area (Å²) in [4.78, 5) is 0. The third-order valence-corrected chi connectivity index (χ3v) is 2.89. The van der Waals surface area contributed by atoms with E-state index in [-0.39, 0.29) is 5.88 Å². The van der Waals surface area contributed by atoms with Crippen LogP contribution in [0.2, 0.25) is 0 Å². The van der Waals surface area contributed by atoms with Crippen LogP contribution in [-0.2, 0) is 0 Å². The summed E-state index contributed by atoms with van der Waals surface area (Å²) < 4.78 is 5.50. The molecule has 0 bridgehead atoms. The van der Waals surface area contributed by atoms with Gasteiger partial charge in [-0.1, -0.05) is 6.92 Å². The smallest absolute Gasteiger partial charge is 0.133 e. The van der Waals surface area contributed by atoms with E-state index >= 15 is 0 Å². The van der Waals surface area contributed by atoms with Gasteiger partial charge in [0.25, 0.3) is 0 Å². The summed E-state index contributed by atoms with van der Waals surface area (Å²) in [5, 5.41) is 9.38. The molecule has 3 heteroatoms. The molecule has 13 heavy (non-hydrogen) atoms. The van der Waals surface area contributed by atoms with Gasteiger partial charge in [-0.25, -0.2) is 0 Å². The molecule has 1 aliphatic carbocycles. The molecule has 1 saturated carbocycles. The van der Waals surface area contributed by atoms with Crippen molar-refractivity contribution in [2.75, 3.05) is 5.88 Å². The fourth-order valence-electron chi connectivity index (χ4n) is 1.54. The molecule has 1 aliphatic rings. The first-order chi connectivity index (χ1) is 6.22. The maximum absolute atomic E-state index is 9.38. The molecular weight excluding hydrogens is 188 g/mol. The Kier molecular flexibility index (Phi) is 2.35. The molecule has 0 amide bonds. The van der Waals surface area contributed by atoms with Crippen LogP contribution in [0.4, 0.5) is 0 Å². The minimum absolute atomic E-state index is 0.188. The molecule has 0 spiro atoms. The Labute approximate surface area is 82.5 Å². The average Bonchev–Trinajstić information content (AvgIpc) is 2.70. The Hall–Kier alpha value is -0.470. The fraction of sp³-hybridized carbons (Fsp3) is 0.600. The van der Waals surface area contributed by atoms with Gasteiger partial charge in [-0.15, -0.1) is 11.6 Å². The van der Waals surface area contributed by atoms with Gasteiger partial charge in [0.1, 0.15) is 17.6 Å². The van der Waals surface area contributed by atoms with Gasteiger partial charge in [0.05, 0.1) is 5.88 Å². The van der Waals surface area contributed by atoms with E-state index in [1.54, 1.807) is 0 Å². The Morgan fingerprint density at radius 3 is 2.92 bits per heavy atom. The highest BCUT2D eigenvalue weighted by Crippen LogP contribution is 2.47. The number of hydrogen-bond acceptors (Lipinski definition) is 2. The molecule has 1 aromatic rings. The van der Waals surface area contributed by atoms with Crippen LogP contribution in [-0.4, -0.2) is 11.0 Å². The van der Waals surface area contributed by atoms with Crippen LogP contribution >= 0.6 is 11.6 Å². The minimum Gasteiger partial charge on any atom is -0.463 e. The largest absolute Gasteiger partial charge is 0.463 e. The van der Waals surface area contributed by atoms with E-state index < -0.39 is 6.10 Å². The van der Waals surface area contributed by atoms with Gasteiger partial charge >= 0.3 is 0 Å². The van der Waals surface area contributed by atoms with Gasteiger partial charge in [0.2, 0.25) is 0 Å². The van der Waals surface area contributed by atoms with Crippen LogP contribution < -0.4 is 0 Å². The number of aliphatic hydroxyl groups excluding tert-OH is 1. The molecule has 1 N–H and O–H groups in total. The van der Waals surface area contributed by atoms with E-state index in [9.17, 15) is 5.11 Å². The van der Waals surface area contributed by atoms with Crippen molar-refractivity contribution in [3.8, 4) is 0 Å². The number of rotatable bonds is 3. The number of alkyl halides is 1. The normalized spacial score (nSPS) is 28.8. The van der Waals surface area contributed by atoms with E-state index in [0.29, 0.717) is 11.7 Å². The molecule has 2 nitrogen and oxygen atoms in total. The zero-order chi connectivity index (χ0) is 9.42. The summed E-state index contributed by atoms with van der Waals surface area (Å²) in [6, 6.07) is 3.76. The molecule has 0 aromatic carbocycles. The topological polar surface area (TPSA) is 33.4 Å². The molecule has 1 fully saturated rings. The summed E-state index contributed by atoms with van der Waals surface area (Å²) in [5.74, 6) is 3.06. The van der Waals surface area contributed by atoms with Gasteiger partial charge in [-0.3, -0.25) is 0 Å². The monoisotopic (exact) mass is 200 g/mol. The number of hydrogen-bond donors (Lipinski definition) is 1. The Morgan fingerprint density at radius 1 is 1.69 bits per heavy atom. The molecular formula is C10H13ClO2. The Bertz CT molecular complexity index is 276. The zero-order valence-electron chi connectivity index (χ0n) is 7.53. The first kappa shape index (κ1) is 9.10. The third-order valence-electron chi connectivity index (χ3n) is 2.60. The summed E-state index contributed by atoms with van der Waals surface area (Å²) in [5.41, 5.74) is 0. The lowest BCUT2D eigenvalue weighted by Crippen LogP contribution is -1.95. The van der Waals surface area contributed by atoms with Gasteiger partial charge in [0, 0.05) is 5.92 Å². The average molecular weight is 201 g/mol. The van der Waals surface area contributed by atoms with Gasteiger partial charge in [-0.05, 0) is 24.5 Å². The molecule has 0 saturated heterocycles. The van der Waals surface area contributed by atoms with Crippen molar-refractivity contribution in [3.63, 3.8) is 0 Å². The Morgan fingerprint density at radius 2 is 2.38 bits per heavy atom. The van der Waals surface area contributed by atoms with Crippen LogP contribution in [0.1, 0.15) is 36.9 Å². The second-order valence-electron chi connectivity index (χ2n) is 3.73. The van der Waals surface area contributed by atoms with Gasteiger partial charge in [-0.2, -0.15) is 0 Å². The summed E-state index contributed by atoms with van der Waals surface area (Å²) in [6.45, 7) is 2.20. The van der Waals surface area contributed by atoms with E-state index in [4.69, 9.17) is 16.0 Å². The van der Waals surface area contributed by atoms with Crippen LogP contribution in [0.25, 0.3) is 0 Å². The van der Waals surface area contributed by atoms with Crippen molar-refractivity contribution in [2.45, 2.75) is 25.4 Å². The van der Waals surface area contributed by atoms with Crippen molar-refractivity contribution < 1.29 is 9.52 Å². The van der Waals surface area contributed by atoms with Crippen molar-refractivity contribution in [3.05, 3.63) is 23.7 Å². The minimum atomic E-state index is -0.663. The van der Waals surface area contributed by atoms with E-state index in [2.05, 4.69) is 6.92 Å². The molecule has 1 aromatic heterocycles. The quantitative estimate of drug-likeness (QED) is 0.762. The first-order valence-corrected chi connectivity index (χ1v) is 5.09. The highest BCUT2D eigenvalue weighted by Gasteiger charge is 2.36. The van der Waals surface area contributed by atoms with Crippen LogP contribution in [0, 0.1) is 5.92 Å². The predicted octanol–water partition coefficient (Wildman–Crippen LogP) is 2.68. The van der Waals surface area contributed by atoms with E-state index in [1.165, 1.54) is 6.42 Å². The van der Waals surface area contributed by atoms with E-state index in [1.807, 2.05) is 12.1 Å². The summed E-state index contributed by atoms with van der Waals surface area (Å²) in [7, 11) is 0. The van der Waals surface area contributed by atoms with Crippen LogP contribution in [0.15, 0.2) is 16.5 Å². The molecule has 3 atom stereocenters. The van der Waals surface area contributed by atoms with Crippen molar-refractivity contribution in [1.82, 2.24) is 0 Å². The molecule has 2 rings (SSSR count). The SMILES string of the molecule is CC1CC1c1ccc(C(O)CCl)o1. The molecule has 72 valence electrons. The lowest BCUT2D eigenvalue weighted by Gasteiger charge is -2.01. The lowest BCUT2D eigenvalue weighted by atomic mass is 10.2. The highest BCUT2D eigenvalue weighted by atomic mass is 35.5. The molecule has 0 aliphatic heterocycles. The summed E-state index contributed by atoms with van der Waals surface area (Å²) >= 11 is 5.51. The molecule has 0 radical (unpaired) electrons. The predicted molar refractivity (Wildman–Crippen MR) is 50.9 cm³/mol. The van der Waals surface area contributed by atoms with Crippen LogP contribution in [0.5, 0.6) is 0 Å². The number of furan rings is 1. The van der Waals surface area contributed by atoms with Gasteiger partial charge in [0.15, 0.2) is 0 Å². The standard InChI is InChI=1S/C10H13ClO2/c1-6-4-7(6)9-2-3-10(13-9)8(12)5-11/h2-3,6-8,12H,4-5H2,1H3. The van der Waals surface area contributed by atoms with Crippen LogP contribution in [0.3, 0.4) is 0 Å². The van der Waals surface area contributed by atoms with Gasteiger partial charge < -0.3 is 9.52 Å². The second-order valence-corrected chi connectivity index (χ2v) is 4.04. The fourth-order valence-corrected chi connectivity index (χ4v) is 1.69. The zero-order valence-corrected chi connectivity index (χ0v) is 8.29. The highest BCUT2D eigenvalue weighted by molar-refractivity contribution is 6.18. The van der Waals surface area contributed by atoms with Crippen molar-refractivity contribution in [1.29, 1.82) is 0 Å². The third kappa shape index (κ3) is 1.74. The second kappa shape index (κ2) is 3.35. The number of aliphatic hydroxyl groups is 1.